The first-order valence-electron chi connectivity index (χ1n) is 5.62. The minimum atomic E-state index is -0.558. The van der Waals surface area contributed by atoms with E-state index in [1.807, 2.05) is 6.07 Å². The molecule has 1 aromatic carbocycles. The maximum Gasteiger partial charge on any atom is 0.270 e. The van der Waals surface area contributed by atoms with Crippen molar-refractivity contribution >= 4 is 11.3 Å². The van der Waals surface area contributed by atoms with E-state index < -0.39 is 4.92 Å². The topological polar surface area (TPSA) is 141 Å². The fourth-order valence-electron chi connectivity index (χ4n) is 1.61. The third-order valence-corrected chi connectivity index (χ3v) is 2.74. The Kier molecular flexibility index (Phi) is 4.78. The molecule has 7 heteroatoms. The molecule has 0 saturated heterocycles. The van der Waals surface area contributed by atoms with Crippen LogP contribution in [0.25, 0.3) is 5.57 Å². The molecule has 0 aliphatic rings. The van der Waals surface area contributed by atoms with Gasteiger partial charge in [-0.15, -0.1) is 0 Å². The summed E-state index contributed by atoms with van der Waals surface area (Å²) in [5.74, 6) is 0. The molecule has 0 bridgehead atoms. The molecule has 0 unspecified atom stereocenters. The Labute approximate surface area is 120 Å². The number of nitro benzene ring substituents is 1. The monoisotopic (exact) mass is 279 g/mol. The number of rotatable bonds is 3. The average molecular weight is 279 g/mol. The van der Waals surface area contributed by atoms with E-state index in [2.05, 4.69) is 0 Å². The highest BCUT2D eigenvalue weighted by Crippen LogP contribution is 2.25. The van der Waals surface area contributed by atoms with E-state index in [0.717, 1.165) is 0 Å². The summed E-state index contributed by atoms with van der Waals surface area (Å²) in [5.41, 5.74) is 5.60. The Bertz CT molecular complexity index is 769. The van der Waals surface area contributed by atoms with Crippen molar-refractivity contribution in [2.45, 2.75) is 6.92 Å². The van der Waals surface area contributed by atoms with Gasteiger partial charge in [-0.2, -0.15) is 15.8 Å². The van der Waals surface area contributed by atoms with Gasteiger partial charge in [0.25, 0.3) is 5.69 Å². The van der Waals surface area contributed by atoms with Crippen LogP contribution in [0.2, 0.25) is 0 Å². The highest BCUT2D eigenvalue weighted by molar-refractivity contribution is 5.76. The highest BCUT2D eigenvalue weighted by Gasteiger charge is 2.14. The van der Waals surface area contributed by atoms with Crippen molar-refractivity contribution in [3.63, 3.8) is 0 Å². The van der Waals surface area contributed by atoms with Crippen LogP contribution in [0.3, 0.4) is 0 Å². The molecule has 0 saturated carbocycles. The predicted octanol–water partition coefficient (Wildman–Crippen LogP) is 2.15. The third-order valence-electron chi connectivity index (χ3n) is 2.74. The number of allylic oxidation sites excluding steroid dienone is 3. The van der Waals surface area contributed by atoms with E-state index in [1.165, 1.54) is 25.1 Å². The van der Waals surface area contributed by atoms with Gasteiger partial charge >= 0.3 is 0 Å². The lowest BCUT2D eigenvalue weighted by Gasteiger charge is -2.06. The Hall–Kier alpha value is -3.63. The van der Waals surface area contributed by atoms with Crippen molar-refractivity contribution < 1.29 is 4.92 Å². The lowest BCUT2D eigenvalue weighted by molar-refractivity contribution is -0.384. The molecule has 1 aromatic rings. The Morgan fingerprint density at radius 1 is 1.24 bits per heavy atom. The number of hydrogen-bond acceptors (Lipinski definition) is 6. The van der Waals surface area contributed by atoms with E-state index >= 15 is 0 Å². The van der Waals surface area contributed by atoms with Gasteiger partial charge in [0.15, 0.2) is 5.57 Å². The molecule has 0 heterocycles. The van der Waals surface area contributed by atoms with Gasteiger partial charge in [-0.25, -0.2) is 0 Å². The zero-order valence-corrected chi connectivity index (χ0v) is 11.0. The molecular weight excluding hydrogens is 270 g/mol. The number of nitrogens with zero attached hydrogens (tertiary/aromatic N) is 4. The average Bonchev–Trinajstić information content (AvgIpc) is 2.49. The maximum atomic E-state index is 10.8. The third kappa shape index (κ3) is 3.23. The van der Waals surface area contributed by atoms with Gasteiger partial charge in [0.1, 0.15) is 18.2 Å². The minimum absolute atomic E-state index is 0.0615. The van der Waals surface area contributed by atoms with Gasteiger partial charge in [-0.3, -0.25) is 10.1 Å². The fraction of sp³-hybridized carbons (Fsp3) is 0.0714. The van der Waals surface area contributed by atoms with Crippen LogP contribution in [-0.2, 0) is 0 Å². The van der Waals surface area contributed by atoms with Gasteiger partial charge < -0.3 is 5.73 Å². The molecular formula is C14H9N5O2. The summed E-state index contributed by atoms with van der Waals surface area (Å²) in [5, 5.41) is 37.5. The molecule has 102 valence electrons. The molecule has 0 aliphatic carbocycles. The largest absolute Gasteiger partial charge is 0.396 e. The second-order valence-electron chi connectivity index (χ2n) is 3.93. The van der Waals surface area contributed by atoms with Crippen LogP contribution in [0.4, 0.5) is 5.69 Å². The van der Waals surface area contributed by atoms with Gasteiger partial charge in [-0.05, 0) is 18.1 Å². The Balaban J connectivity index is 3.55. The van der Waals surface area contributed by atoms with E-state index in [1.54, 1.807) is 18.2 Å². The Morgan fingerprint density at radius 3 is 2.33 bits per heavy atom. The molecule has 0 aliphatic heterocycles. The second-order valence-corrected chi connectivity index (χ2v) is 3.93. The van der Waals surface area contributed by atoms with Crippen LogP contribution in [0.1, 0.15) is 12.5 Å². The van der Waals surface area contributed by atoms with Gasteiger partial charge in [-0.1, -0.05) is 12.1 Å². The molecule has 0 aromatic heterocycles. The van der Waals surface area contributed by atoms with Crippen LogP contribution >= 0.6 is 0 Å². The quantitative estimate of drug-likeness (QED) is 0.389. The van der Waals surface area contributed by atoms with Crippen molar-refractivity contribution in [3.05, 3.63) is 56.8 Å². The van der Waals surface area contributed by atoms with E-state index in [4.69, 9.17) is 16.3 Å². The van der Waals surface area contributed by atoms with Crippen LogP contribution in [0.5, 0.6) is 0 Å². The predicted molar refractivity (Wildman–Crippen MR) is 73.7 cm³/mol. The minimum Gasteiger partial charge on any atom is -0.396 e. The number of nitro groups is 1. The first-order chi connectivity index (χ1) is 9.96. The van der Waals surface area contributed by atoms with Crippen LogP contribution in [0, 0.1) is 44.1 Å². The number of benzene rings is 1. The highest BCUT2D eigenvalue weighted by atomic mass is 16.6. The van der Waals surface area contributed by atoms with Crippen LogP contribution < -0.4 is 5.73 Å². The molecule has 0 atom stereocenters. The summed E-state index contributed by atoms with van der Waals surface area (Å²) in [4.78, 5) is 10.2. The number of nitrogens with two attached hydrogens (primary N) is 1. The molecule has 0 fully saturated rings. The number of non-ortho nitro benzene ring substituents is 1. The first kappa shape index (κ1) is 15.4. The van der Waals surface area contributed by atoms with Crippen LogP contribution in [0.15, 0.2) is 41.1 Å². The molecule has 0 radical (unpaired) electrons. The van der Waals surface area contributed by atoms with Gasteiger partial charge in [0.2, 0.25) is 0 Å². The molecule has 1 rings (SSSR count). The lowest BCUT2D eigenvalue weighted by Crippen LogP contribution is -2.05. The van der Waals surface area contributed by atoms with Gasteiger partial charge in [0.05, 0.1) is 16.2 Å². The summed E-state index contributed by atoms with van der Waals surface area (Å²) >= 11 is 0. The zero-order chi connectivity index (χ0) is 16.0. The van der Waals surface area contributed by atoms with Gasteiger partial charge in [0, 0.05) is 12.1 Å². The fourth-order valence-corrected chi connectivity index (χ4v) is 1.61. The summed E-state index contributed by atoms with van der Waals surface area (Å²) in [6.07, 6.45) is 0. The van der Waals surface area contributed by atoms with Crippen molar-refractivity contribution in [2.75, 3.05) is 0 Å². The SMILES string of the molecule is CC(=C(C#N)C(N)=C(C#N)C#N)c1cccc([N+](=O)[O-])c1. The van der Waals surface area contributed by atoms with Crippen molar-refractivity contribution in [1.29, 1.82) is 15.8 Å². The van der Waals surface area contributed by atoms with E-state index in [9.17, 15) is 15.4 Å². The van der Waals surface area contributed by atoms with E-state index in [-0.39, 0.29) is 22.5 Å². The summed E-state index contributed by atoms with van der Waals surface area (Å²) in [7, 11) is 0. The summed E-state index contributed by atoms with van der Waals surface area (Å²) < 4.78 is 0. The van der Waals surface area contributed by atoms with Crippen LogP contribution in [-0.4, -0.2) is 4.92 Å². The lowest BCUT2D eigenvalue weighted by atomic mass is 9.98. The van der Waals surface area contributed by atoms with Crippen molar-refractivity contribution in [1.82, 2.24) is 0 Å². The Morgan fingerprint density at radius 2 is 1.86 bits per heavy atom. The molecule has 7 nitrogen and oxygen atoms in total. The zero-order valence-electron chi connectivity index (χ0n) is 11.0. The van der Waals surface area contributed by atoms with Crippen molar-refractivity contribution in [3.8, 4) is 18.2 Å². The standard InChI is InChI=1S/C14H9N5O2/c1-9(10-3-2-4-12(5-10)19(20)21)13(8-17)14(18)11(6-15)7-16/h2-5H,18H2,1H3. The molecule has 0 amide bonds. The van der Waals surface area contributed by atoms with E-state index in [0.29, 0.717) is 11.1 Å². The summed E-state index contributed by atoms with van der Waals surface area (Å²) in [6.45, 7) is 1.54. The molecule has 21 heavy (non-hydrogen) atoms. The molecule has 2 N–H and O–H groups in total. The molecule has 0 spiro atoms. The summed E-state index contributed by atoms with van der Waals surface area (Å²) in [6, 6.07) is 10.7. The maximum absolute atomic E-state index is 10.8. The number of hydrogen-bond donors (Lipinski definition) is 1. The van der Waals surface area contributed by atoms with Crippen molar-refractivity contribution in [2.24, 2.45) is 5.73 Å². The first-order valence-corrected chi connectivity index (χ1v) is 5.62. The second kappa shape index (κ2) is 6.51. The smallest absolute Gasteiger partial charge is 0.270 e. The number of nitriles is 3. The normalized spacial score (nSPS) is 10.4.